The molecule has 1 amide bonds. The summed E-state index contributed by atoms with van der Waals surface area (Å²) in [5.41, 5.74) is 7.85. The Bertz CT molecular complexity index is 361. The number of hydrogen-bond donors (Lipinski definition) is 2. The third-order valence-corrected chi connectivity index (χ3v) is 2.85. The van der Waals surface area contributed by atoms with E-state index in [4.69, 9.17) is 5.73 Å². The molecule has 1 aliphatic heterocycles. The molecule has 3 N–H and O–H groups in total. The molecular formula is C12H17N3O. The standard InChI is InChI=1S/C12H17N3O/c13-9-10-1-3-11(4-2-10)15-7-5-12(16)14-6-8-15/h1-4H,5-9,13H2,(H,14,16). The zero-order valence-corrected chi connectivity index (χ0v) is 9.28. The fourth-order valence-electron chi connectivity index (χ4n) is 1.87. The van der Waals surface area contributed by atoms with E-state index in [1.165, 1.54) is 0 Å². The second-order valence-corrected chi connectivity index (χ2v) is 3.96. The molecule has 0 aromatic heterocycles. The molecule has 0 radical (unpaired) electrons. The van der Waals surface area contributed by atoms with Crippen LogP contribution in [0.25, 0.3) is 0 Å². The van der Waals surface area contributed by atoms with Gasteiger partial charge in [0, 0.05) is 38.3 Å². The third-order valence-electron chi connectivity index (χ3n) is 2.85. The summed E-state index contributed by atoms with van der Waals surface area (Å²) in [5, 5.41) is 2.87. The van der Waals surface area contributed by atoms with Crippen molar-refractivity contribution in [3.8, 4) is 0 Å². The van der Waals surface area contributed by atoms with Gasteiger partial charge in [0.2, 0.25) is 5.91 Å². The molecule has 1 aromatic carbocycles. The monoisotopic (exact) mass is 219 g/mol. The van der Waals surface area contributed by atoms with Gasteiger partial charge in [-0.1, -0.05) is 12.1 Å². The van der Waals surface area contributed by atoms with E-state index in [1.54, 1.807) is 0 Å². The Morgan fingerprint density at radius 1 is 1.25 bits per heavy atom. The van der Waals surface area contributed by atoms with E-state index in [0.717, 1.165) is 30.9 Å². The second-order valence-electron chi connectivity index (χ2n) is 3.96. The van der Waals surface area contributed by atoms with Gasteiger partial charge in [0.25, 0.3) is 0 Å². The summed E-state index contributed by atoms with van der Waals surface area (Å²) in [4.78, 5) is 13.4. The van der Waals surface area contributed by atoms with Crippen LogP contribution in [-0.2, 0) is 11.3 Å². The summed E-state index contributed by atoms with van der Waals surface area (Å²) in [7, 11) is 0. The summed E-state index contributed by atoms with van der Waals surface area (Å²) in [6, 6.07) is 8.21. The first-order chi connectivity index (χ1) is 7.79. The van der Waals surface area contributed by atoms with Crippen molar-refractivity contribution in [3.05, 3.63) is 29.8 Å². The van der Waals surface area contributed by atoms with Gasteiger partial charge in [-0.25, -0.2) is 0 Å². The van der Waals surface area contributed by atoms with Gasteiger partial charge in [0.1, 0.15) is 0 Å². The smallest absolute Gasteiger partial charge is 0.221 e. The van der Waals surface area contributed by atoms with Crippen molar-refractivity contribution < 1.29 is 4.79 Å². The largest absolute Gasteiger partial charge is 0.369 e. The number of rotatable bonds is 2. The molecule has 1 saturated heterocycles. The van der Waals surface area contributed by atoms with Gasteiger partial charge in [0.05, 0.1) is 0 Å². The van der Waals surface area contributed by atoms with Crippen LogP contribution in [0.4, 0.5) is 5.69 Å². The third kappa shape index (κ3) is 2.52. The first kappa shape index (κ1) is 11.0. The lowest BCUT2D eigenvalue weighted by molar-refractivity contribution is -0.120. The van der Waals surface area contributed by atoms with Crippen LogP contribution in [0.1, 0.15) is 12.0 Å². The molecule has 0 aliphatic carbocycles. The van der Waals surface area contributed by atoms with E-state index in [1.807, 2.05) is 12.1 Å². The molecule has 1 heterocycles. The number of carbonyl (C=O) groups excluding carboxylic acids is 1. The molecular weight excluding hydrogens is 202 g/mol. The van der Waals surface area contributed by atoms with Crippen LogP contribution in [-0.4, -0.2) is 25.5 Å². The highest BCUT2D eigenvalue weighted by Gasteiger charge is 2.13. The summed E-state index contributed by atoms with van der Waals surface area (Å²) in [6.07, 6.45) is 0.568. The minimum atomic E-state index is 0.140. The van der Waals surface area contributed by atoms with Crippen LogP contribution < -0.4 is 16.0 Å². The Morgan fingerprint density at radius 3 is 2.69 bits per heavy atom. The predicted molar refractivity (Wildman–Crippen MR) is 64.2 cm³/mol. The van der Waals surface area contributed by atoms with Crippen molar-refractivity contribution in [2.75, 3.05) is 24.5 Å². The molecule has 1 fully saturated rings. The normalized spacial score (nSPS) is 16.8. The molecule has 1 aliphatic rings. The maximum absolute atomic E-state index is 11.2. The molecule has 0 saturated carbocycles. The van der Waals surface area contributed by atoms with Gasteiger partial charge in [-0.3, -0.25) is 4.79 Å². The van der Waals surface area contributed by atoms with E-state index < -0.39 is 0 Å². The van der Waals surface area contributed by atoms with Crippen LogP contribution in [0, 0.1) is 0 Å². The van der Waals surface area contributed by atoms with E-state index >= 15 is 0 Å². The molecule has 4 nitrogen and oxygen atoms in total. The first-order valence-electron chi connectivity index (χ1n) is 5.60. The molecule has 0 unspecified atom stereocenters. The number of hydrogen-bond acceptors (Lipinski definition) is 3. The van der Waals surface area contributed by atoms with Gasteiger partial charge in [0.15, 0.2) is 0 Å². The molecule has 86 valence electrons. The molecule has 4 heteroatoms. The predicted octanol–water partition coefficient (Wildman–Crippen LogP) is 0.472. The van der Waals surface area contributed by atoms with Crippen LogP contribution >= 0.6 is 0 Å². The minimum absolute atomic E-state index is 0.140. The lowest BCUT2D eigenvalue weighted by atomic mass is 10.2. The van der Waals surface area contributed by atoms with Crippen LogP contribution in [0.3, 0.4) is 0 Å². The number of carbonyl (C=O) groups is 1. The first-order valence-corrected chi connectivity index (χ1v) is 5.60. The van der Waals surface area contributed by atoms with Crippen molar-refractivity contribution in [3.63, 3.8) is 0 Å². The average Bonchev–Trinajstić information content (AvgIpc) is 2.54. The average molecular weight is 219 g/mol. The topological polar surface area (TPSA) is 58.4 Å². The number of amides is 1. The van der Waals surface area contributed by atoms with E-state index in [-0.39, 0.29) is 5.91 Å². The molecule has 16 heavy (non-hydrogen) atoms. The highest BCUT2D eigenvalue weighted by atomic mass is 16.1. The molecule has 0 spiro atoms. The number of nitrogens with one attached hydrogen (secondary N) is 1. The zero-order chi connectivity index (χ0) is 11.4. The van der Waals surface area contributed by atoms with E-state index in [0.29, 0.717) is 13.0 Å². The second kappa shape index (κ2) is 4.99. The number of benzene rings is 1. The molecule has 2 rings (SSSR count). The Balaban J connectivity index is 2.07. The number of anilines is 1. The fraction of sp³-hybridized carbons (Fsp3) is 0.417. The summed E-state index contributed by atoms with van der Waals surface area (Å²) < 4.78 is 0. The summed E-state index contributed by atoms with van der Waals surface area (Å²) >= 11 is 0. The van der Waals surface area contributed by atoms with Gasteiger partial charge >= 0.3 is 0 Å². The van der Waals surface area contributed by atoms with Crippen molar-refractivity contribution >= 4 is 11.6 Å². The lowest BCUT2D eigenvalue weighted by Crippen LogP contribution is -2.28. The van der Waals surface area contributed by atoms with Crippen LogP contribution in [0.2, 0.25) is 0 Å². The van der Waals surface area contributed by atoms with Gasteiger partial charge in [-0.2, -0.15) is 0 Å². The Labute approximate surface area is 95.4 Å². The van der Waals surface area contributed by atoms with E-state index in [9.17, 15) is 4.79 Å². The van der Waals surface area contributed by atoms with Crippen molar-refractivity contribution in [1.82, 2.24) is 5.32 Å². The number of nitrogens with zero attached hydrogens (tertiary/aromatic N) is 1. The van der Waals surface area contributed by atoms with Gasteiger partial charge in [-0.05, 0) is 17.7 Å². The van der Waals surface area contributed by atoms with E-state index in [2.05, 4.69) is 22.3 Å². The summed E-state index contributed by atoms with van der Waals surface area (Å²) in [6.45, 7) is 2.94. The zero-order valence-electron chi connectivity index (χ0n) is 9.28. The maximum Gasteiger partial charge on any atom is 0.221 e. The van der Waals surface area contributed by atoms with Gasteiger partial charge in [-0.15, -0.1) is 0 Å². The highest BCUT2D eigenvalue weighted by molar-refractivity contribution is 5.77. The molecule has 1 aromatic rings. The number of nitrogens with two attached hydrogens (primary N) is 1. The van der Waals surface area contributed by atoms with Crippen LogP contribution in [0.5, 0.6) is 0 Å². The Kier molecular flexibility index (Phi) is 3.41. The lowest BCUT2D eigenvalue weighted by Gasteiger charge is -2.21. The Hall–Kier alpha value is -1.55. The van der Waals surface area contributed by atoms with Crippen LogP contribution in [0.15, 0.2) is 24.3 Å². The SMILES string of the molecule is NCc1ccc(N2CCNC(=O)CC2)cc1. The molecule has 0 atom stereocenters. The quantitative estimate of drug-likeness (QED) is 0.760. The van der Waals surface area contributed by atoms with Crippen molar-refractivity contribution in [2.45, 2.75) is 13.0 Å². The minimum Gasteiger partial charge on any atom is -0.369 e. The Morgan fingerprint density at radius 2 is 2.00 bits per heavy atom. The van der Waals surface area contributed by atoms with Crippen molar-refractivity contribution in [2.24, 2.45) is 5.73 Å². The highest BCUT2D eigenvalue weighted by Crippen LogP contribution is 2.16. The maximum atomic E-state index is 11.2. The van der Waals surface area contributed by atoms with Crippen molar-refractivity contribution in [1.29, 1.82) is 0 Å². The molecule has 0 bridgehead atoms. The van der Waals surface area contributed by atoms with Gasteiger partial charge < -0.3 is 16.0 Å². The summed E-state index contributed by atoms with van der Waals surface area (Å²) in [5.74, 6) is 0.140. The fourth-order valence-corrected chi connectivity index (χ4v) is 1.87.